The lowest BCUT2D eigenvalue weighted by molar-refractivity contribution is 0.101. The van der Waals surface area contributed by atoms with Crippen molar-refractivity contribution in [3.8, 4) is 5.75 Å². The molecule has 5 nitrogen and oxygen atoms in total. The van der Waals surface area contributed by atoms with E-state index in [1.165, 1.54) is 12.3 Å². The minimum absolute atomic E-state index is 0.137. The van der Waals surface area contributed by atoms with Gasteiger partial charge >= 0.3 is 0 Å². The van der Waals surface area contributed by atoms with E-state index < -0.39 is 0 Å². The van der Waals surface area contributed by atoms with Crippen LogP contribution in [0.25, 0.3) is 0 Å². The Kier molecular flexibility index (Phi) is 2.59. The zero-order valence-corrected chi connectivity index (χ0v) is 8.60. The first-order valence-corrected chi connectivity index (χ1v) is 4.69. The van der Waals surface area contributed by atoms with Gasteiger partial charge in [0, 0.05) is 17.3 Å². The standard InChI is InChI=1S/C11H10N2O3/c1-7-8(3-2-4-10(7)14)12-11(15)9-5-6-16-13-9/h2-6,14H,1H3,(H,12,15). The molecule has 0 spiro atoms. The first kappa shape index (κ1) is 10.2. The van der Waals surface area contributed by atoms with Crippen LogP contribution in [0.5, 0.6) is 5.75 Å². The molecule has 2 aromatic rings. The molecular weight excluding hydrogens is 208 g/mol. The molecule has 1 amide bonds. The quantitative estimate of drug-likeness (QED) is 0.807. The topological polar surface area (TPSA) is 75.4 Å². The molecule has 0 aliphatic carbocycles. The zero-order valence-electron chi connectivity index (χ0n) is 8.60. The number of nitrogens with zero attached hydrogens (tertiary/aromatic N) is 1. The van der Waals surface area contributed by atoms with E-state index >= 15 is 0 Å². The lowest BCUT2D eigenvalue weighted by Gasteiger charge is -2.07. The third kappa shape index (κ3) is 1.88. The van der Waals surface area contributed by atoms with Gasteiger partial charge in [0.2, 0.25) is 0 Å². The smallest absolute Gasteiger partial charge is 0.277 e. The van der Waals surface area contributed by atoms with Gasteiger partial charge in [-0.3, -0.25) is 4.79 Å². The lowest BCUT2D eigenvalue weighted by Crippen LogP contribution is -2.12. The summed E-state index contributed by atoms with van der Waals surface area (Å²) in [7, 11) is 0. The molecule has 1 heterocycles. The van der Waals surface area contributed by atoms with Gasteiger partial charge in [0.1, 0.15) is 12.0 Å². The summed E-state index contributed by atoms with van der Waals surface area (Å²) in [4.78, 5) is 11.6. The number of aromatic nitrogens is 1. The van der Waals surface area contributed by atoms with E-state index in [1.54, 1.807) is 25.1 Å². The van der Waals surface area contributed by atoms with Gasteiger partial charge in [0.25, 0.3) is 5.91 Å². The van der Waals surface area contributed by atoms with Crippen molar-refractivity contribution in [1.29, 1.82) is 0 Å². The highest BCUT2D eigenvalue weighted by molar-refractivity contribution is 6.03. The molecule has 0 saturated carbocycles. The molecule has 2 rings (SSSR count). The number of aromatic hydroxyl groups is 1. The van der Waals surface area contributed by atoms with Crippen molar-refractivity contribution in [3.05, 3.63) is 41.8 Å². The maximum absolute atomic E-state index is 11.6. The van der Waals surface area contributed by atoms with Crippen LogP contribution in [0.3, 0.4) is 0 Å². The summed E-state index contributed by atoms with van der Waals surface area (Å²) in [6.45, 7) is 1.72. The fourth-order valence-corrected chi connectivity index (χ4v) is 1.27. The molecule has 0 bridgehead atoms. The van der Waals surface area contributed by atoms with Crippen molar-refractivity contribution in [2.75, 3.05) is 5.32 Å². The number of phenols is 1. The maximum Gasteiger partial charge on any atom is 0.277 e. The van der Waals surface area contributed by atoms with Crippen molar-refractivity contribution in [2.45, 2.75) is 6.92 Å². The van der Waals surface area contributed by atoms with Crippen LogP contribution in [0.1, 0.15) is 16.1 Å². The monoisotopic (exact) mass is 218 g/mol. The van der Waals surface area contributed by atoms with Crippen molar-refractivity contribution >= 4 is 11.6 Å². The Morgan fingerprint density at radius 3 is 2.94 bits per heavy atom. The van der Waals surface area contributed by atoms with E-state index in [1.807, 2.05) is 0 Å². The SMILES string of the molecule is Cc1c(O)cccc1NC(=O)c1ccon1. The van der Waals surface area contributed by atoms with E-state index in [-0.39, 0.29) is 17.4 Å². The molecule has 2 N–H and O–H groups in total. The van der Waals surface area contributed by atoms with Gasteiger partial charge in [-0.2, -0.15) is 0 Å². The number of carbonyl (C=O) groups is 1. The highest BCUT2D eigenvalue weighted by atomic mass is 16.5. The van der Waals surface area contributed by atoms with Crippen LogP contribution >= 0.6 is 0 Å². The Balaban J connectivity index is 2.22. The number of carbonyl (C=O) groups excluding carboxylic acids is 1. The Morgan fingerprint density at radius 1 is 1.44 bits per heavy atom. The summed E-state index contributed by atoms with van der Waals surface area (Å²) in [6, 6.07) is 6.38. The van der Waals surface area contributed by atoms with Gasteiger partial charge in [-0.05, 0) is 19.1 Å². The van der Waals surface area contributed by atoms with Crippen LogP contribution in [0, 0.1) is 6.92 Å². The van der Waals surface area contributed by atoms with Gasteiger partial charge in [-0.25, -0.2) is 0 Å². The Hall–Kier alpha value is -2.30. The van der Waals surface area contributed by atoms with Gasteiger partial charge in [0.05, 0.1) is 0 Å². The molecule has 0 fully saturated rings. The van der Waals surface area contributed by atoms with Crippen molar-refractivity contribution in [3.63, 3.8) is 0 Å². The molecular formula is C11H10N2O3. The number of hydrogen-bond donors (Lipinski definition) is 2. The van der Waals surface area contributed by atoms with Crippen LogP contribution < -0.4 is 5.32 Å². The lowest BCUT2D eigenvalue weighted by atomic mass is 10.2. The maximum atomic E-state index is 11.6. The minimum Gasteiger partial charge on any atom is -0.508 e. The second-order valence-corrected chi connectivity index (χ2v) is 3.29. The molecule has 16 heavy (non-hydrogen) atoms. The first-order valence-electron chi connectivity index (χ1n) is 4.69. The largest absolute Gasteiger partial charge is 0.508 e. The highest BCUT2D eigenvalue weighted by Crippen LogP contribution is 2.24. The number of amides is 1. The number of nitrogens with one attached hydrogen (secondary N) is 1. The van der Waals surface area contributed by atoms with Gasteiger partial charge in [-0.1, -0.05) is 11.2 Å². The van der Waals surface area contributed by atoms with E-state index in [0.29, 0.717) is 11.3 Å². The number of benzene rings is 1. The summed E-state index contributed by atoms with van der Waals surface area (Å²) < 4.78 is 4.57. The molecule has 0 aliphatic rings. The molecule has 0 unspecified atom stereocenters. The summed E-state index contributed by atoms with van der Waals surface area (Å²) >= 11 is 0. The normalized spacial score (nSPS) is 10.1. The van der Waals surface area contributed by atoms with Crippen molar-refractivity contribution < 1.29 is 14.4 Å². The molecule has 82 valence electrons. The van der Waals surface area contributed by atoms with Gasteiger partial charge in [-0.15, -0.1) is 0 Å². The summed E-state index contributed by atoms with van der Waals surface area (Å²) in [5.74, 6) is -0.236. The molecule has 1 aromatic heterocycles. The second-order valence-electron chi connectivity index (χ2n) is 3.29. The number of rotatable bonds is 2. The van der Waals surface area contributed by atoms with E-state index in [9.17, 15) is 9.90 Å². The first-order chi connectivity index (χ1) is 7.68. The Bertz CT molecular complexity index is 506. The third-order valence-electron chi connectivity index (χ3n) is 2.22. The van der Waals surface area contributed by atoms with Crippen LogP contribution in [0.2, 0.25) is 0 Å². The molecule has 0 saturated heterocycles. The zero-order chi connectivity index (χ0) is 11.5. The van der Waals surface area contributed by atoms with Crippen LogP contribution in [-0.4, -0.2) is 16.2 Å². The van der Waals surface area contributed by atoms with Crippen molar-refractivity contribution in [2.24, 2.45) is 0 Å². The molecule has 0 aliphatic heterocycles. The summed E-state index contributed by atoms with van der Waals surface area (Å²) in [5, 5.41) is 15.6. The number of anilines is 1. The predicted octanol–water partition coefficient (Wildman–Crippen LogP) is 1.94. The second kappa shape index (κ2) is 4.06. The minimum atomic E-state index is -0.373. The fourth-order valence-electron chi connectivity index (χ4n) is 1.27. The Labute approximate surface area is 91.7 Å². The summed E-state index contributed by atoms with van der Waals surface area (Å²) in [5.41, 5.74) is 1.36. The van der Waals surface area contributed by atoms with E-state index in [0.717, 1.165) is 0 Å². The van der Waals surface area contributed by atoms with Crippen LogP contribution in [0.4, 0.5) is 5.69 Å². The highest BCUT2D eigenvalue weighted by Gasteiger charge is 2.11. The Morgan fingerprint density at radius 2 is 2.25 bits per heavy atom. The predicted molar refractivity (Wildman–Crippen MR) is 57.3 cm³/mol. The van der Waals surface area contributed by atoms with Crippen LogP contribution in [0.15, 0.2) is 35.1 Å². The molecule has 1 aromatic carbocycles. The van der Waals surface area contributed by atoms with Crippen molar-refractivity contribution in [1.82, 2.24) is 5.16 Å². The molecule has 5 heteroatoms. The third-order valence-corrected chi connectivity index (χ3v) is 2.22. The number of phenolic OH excluding ortho intramolecular Hbond substituents is 1. The number of hydrogen-bond acceptors (Lipinski definition) is 4. The fraction of sp³-hybridized carbons (Fsp3) is 0.0909. The van der Waals surface area contributed by atoms with E-state index in [2.05, 4.69) is 15.0 Å². The van der Waals surface area contributed by atoms with Gasteiger partial charge in [0.15, 0.2) is 5.69 Å². The van der Waals surface area contributed by atoms with Crippen LogP contribution in [-0.2, 0) is 0 Å². The summed E-state index contributed by atoms with van der Waals surface area (Å²) in [6.07, 6.45) is 1.32. The molecule has 0 atom stereocenters. The average molecular weight is 218 g/mol. The van der Waals surface area contributed by atoms with Gasteiger partial charge < -0.3 is 14.9 Å². The average Bonchev–Trinajstić information content (AvgIpc) is 2.78. The van der Waals surface area contributed by atoms with E-state index in [4.69, 9.17) is 0 Å². The molecule has 0 radical (unpaired) electrons.